The van der Waals surface area contributed by atoms with Gasteiger partial charge in [-0.1, -0.05) is 0 Å². The second-order valence-corrected chi connectivity index (χ2v) is 20.0. The zero-order chi connectivity index (χ0) is 45.8. The number of rotatable bonds is 21. The number of carbonyl (C=O) groups is 3. The first kappa shape index (κ1) is 48.6. The Labute approximate surface area is 361 Å². The van der Waals surface area contributed by atoms with Crippen LogP contribution in [0, 0.1) is 0 Å². The third-order valence-electron chi connectivity index (χ3n) is 11.3. The van der Waals surface area contributed by atoms with E-state index in [-0.39, 0.29) is 81.4 Å². The standard InChI is InChI=1S/C40H51N3O16S3/c1-27(23-34-39(2,14-6-22-60(47,48)49)30-25-28(61(50,51)52)7-9-32(30)41(34)16-20-57-5)24-35-40(3,15-19-56-4)31-26-29(62(53,54)55)8-10-33(31)42(35)17-21-58-18-13-38(46)59-43-36(44)11-12-37(43)45/h7-10,23-26H,6,11-22H2,1-5H3,(H2-,47,48,49,50,51,52,53,54,55)/p+1. The van der Waals surface area contributed by atoms with E-state index in [0.717, 1.165) is 0 Å². The molecule has 0 saturated carbocycles. The van der Waals surface area contributed by atoms with Crippen molar-refractivity contribution in [3.8, 4) is 0 Å². The lowest BCUT2D eigenvalue weighted by Crippen LogP contribution is -2.34. The van der Waals surface area contributed by atoms with Gasteiger partial charge in [0.05, 0.1) is 40.6 Å². The first-order chi connectivity index (χ1) is 28.9. The molecular weight excluding hydrogens is 875 g/mol. The van der Waals surface area contributed by atoms with Crippen LogP contribution in [0.1, 0.15) is 70.4 Å². The molecular formula is C40H52N3O16S3+. The van der Waals surface area contributed by atoms with Crippen LogP contribution >= 0.6 is 0 Å². The maximum Gasteiger partial charge on any atom is 0.335 e. The van der Waals surface area contributed by atoms with Gasteiger partial charge in [0.25, 0.3) is 42.2 Å². The summed E-state index contributed by atoms with van der Waals surface area (Å²) >= 11 is 0. The molecule has 2 unspecified atom stereocenters. The highest BCUT2D eigenvalue weighted by molar-refractivity contribution is 7.86. The van der Waals surface area contributed by atoms with Gasteiger partial charge in [0.1, 0.15) is 6.61 Å². The van der Waals surface area contributed by atoms with Crippen LogP contribution in [-0.4, -0.2) is 132 Å². The largest absolute Gasteiger partial charge is 0.385 e. The van der Waals surface area contributed by atoms with Crippen molar-refractivity contribution in [3.63, 3.8) is 0 Å². The van der Waals surface area contributed by atoms with E-state index in [1.807, 2.05) is 42.4 Å². The molecule has 1 saturated heterocycles. The zero-order valence-corrected chi connectivity index (χ0v) is 37.5. The fraction of sp³-hybridized carbons (Fsp3) is 0.500. The average Bonchev–Trinajstić information content (AvgIpc) is 3.71. The molecule has 2 amide bonds. The topological polar surface area (TPSA) is 261 Å². The quantitative estimate of drug-likeness (QED) is 0.0700. The minimum absolute atomic E-state index is 0.0129. The van der Waals surface area contributed by atoms with Gasteiger partial charge in [-0.25, -0.2) is 4.79 Å². The van der Waals surface area contributed by atoms with Crippen LogP contribution in [0.4, 0.5) is 11.4 Å². The summed E-state index contributed by atoms with van der Waals surface area (Å²) in [6, 6.07) is 8.42. The molecule has 2 atom stereocenters. The lowest BCUT2D eigenvalue weighted by molar-refractivity contribution is -0.442. The minimum atomic E-state index is -4.64. The van der Waals surface area contributed by atoms with Gasteiger partial charge in [-0.2, -0.15) is 29.8 Å². The number of hydroxylamine groups is 2. The fourth-order valence-electron chi connectivity index (χ4n) is 8.11. The number of allylic oxidation sites excluding steroid dienone is 4. The molecule has 62 heavy (non-hydrogen) atoms. The van der Waals surface area contributed by atoms with E-state index in [1.54, 1.807) is 12.1 Å². The third kappa shape index (κ3) is 10.9. The number of amides is 2. The number of benzene rings is 2. The molecule has 5 rings (SSSR count). The van der Waals surface area contributed by atoms with Crippen molar-refractivity contribution in [2.45, 2.75) is 79.9 Å². The summed E-state index contributed by atoms with van der Waals surface area (Å²) in [5.41, 5.74) is 2.16. The predicted octanol–water partition coefficient (Wildman–Crippen LogP) is 3.51. The van der Waals surface area contributed by atoms with E-state index in [0.29, 0.717) is 51.0 Å². The SMILES string of the molecule is COCCN1/C(=C/C(C)=C/C2=[N+](CCOCCC(=O)ON3C(=O)CCC3=O)c3ccc(S(=O)(=O)O)cc3C2(C)CCOC)C(C)(CCCS(=O)(=O)O)c2cc(S(=O)(=O)O)ccc21. The number of imide groups is 1. The van der Waals surface area contributed by atoms with Crippen LogP contribution in [0.2, 0.25) is 0 Å². The number of ether oxygens (including phenoxy) is 3. The number of fused-ring (bicyclic) bond motifs is 2. The van der Waals surface area contributed by atoms with Gasteiger partial charge in [0.2, 0.25) is 5.69 Å². The molecule has 3 aliphatic heterocycles. The smallest absolute Gasteiger partial charge is 0.335 e. The Bertz CT molecular complexity index is 2520. The van der Waals surface area contributed by atoms with Crippen LogP contribution in [-0.2, 0) is 74.6 Å². The van der Waals surface area contributed by atoms with E-state index < -0.39 is 64.7 Å². The van der Waals surface area contributed by atoms with Crippen molar-refractivity contribution in [2.24, 2.45) is 0 Å². The summed E-state index contributed by atoms with van der Waals surface area (Å²) in [6.07, 6.45) is 3.84. The van der Waals surface area contributed by atoms with Crippen LogP contribution in [0.5, 0.6) is 0 Å². The van der Waals surface area contributed by atoms with Gasteiger partial charge in [-0.3, -0.25) is 23.2 Å². The molecule has 1 fully saturated rings. The maximum atomic E-state index is 12.4. The second kappa shape index (κ2) is 19.2. The number of hydrogen-bond donors (Lipinski definition) is 3. The van der Waals surface area contributed by atoms with Crippen LogP contribution in [0.15, 0.2) is 69.6 Å². The highest BCUT2D eigenvalue weighted by atomic mass is 32.2. The Morgan fingerprint density at radius 2 is 1.44 bits per heavy atom. The Morgan fingerprint density at radius 1 is 0.823 bits per heavy atom. The van der Waals surface area contributed by atoms with Crippen LogP contribution < -0.4 is 4.90 Å². The summed E-state index contributed by atoms with van der Waals surface area (Å²) in [5.74, 6) is -2.62. The molecule has 2 aromatic rings. The van der Waals surface area contributed by atoms with E-state index in [9.17, 15) is 53.3 Å². The lowest BCUT2D eigenvalue weighted by Gasteiger charge is -2.31. The van der Waals surface area contributed by atoms with Crippen molar-refractivity contribution < 1.29 is 76.9 Å². The number of anilines is 1. The summed E-state index contributed by atoms with van der Waals surface area (Å²) in [7, 11) is -10.6. The summed E-state index contributed by atoms with van der Waals surface area (Å²) in [5, 5.41) is 0.455. The lowest BCUT2D eigenvalue weighted by atomic mass is 9.75. The van der Waals surface area contributed by atoms with Crippen molar-refractivity contribution in [3.05, 3.63) is 70.9 Å². The van der Waals surface area contributed by atoms with Gasteiger partial charge in [-0.15, -0.1) is 5.06 Å². The van der Waals surface area contributed by atoms with E-state index in [1.165, 1.54) is 38.5 Å². The normalized spacial score (nSPS) is 21.4. The van der Waals surface area contributed by atoms with E-state index in [2.05, 4.69) is 0 Å². The molecule has 19 nitrogen and oxygen atoms in total. The van der Waals surface area contributed by atoms with Gasteiger partial charge >= 0.3 is 5.97 Å². The monoisotopic (exact) mass is 926 g/mol. The molecule has 0 spiro atoms. The fourth-order valence-corrected chi connectivity index (χ4v) is 9.63. The number of hydrogen-bond acceptors (Lipinski definition) is 14. The Kier molecular flexibility index (Phi) is 15.0. The molecule has 0 aromatic heterocycles. The highest BCUT2D eigenvalue weighted by Gasteiger charge is 2.49. The summed E-state index contributed by atoms with van der Waals surface area (Å²) < 4.78 is 121. The van der Waals surface area contributed by atoms with E-state index >= 15 is 0 Å². The molecule has 0 radical (unpaired) electrons. The molecule has 3 aliphatic rings. The van der Waals surface area contributed by atoms with Gasteiger partial charge in [0.15, 0.2) is 12.3 Å². The Hall–Kier alpha value is -4.39. The summed E-state index contributed by atoms with van der Waals surface area (Å²) in [6.45, 7) is 6.37. The molecule has 340 valence electrons. The molecule has 2 aromatic carbocycles. The first-order valence-corrected chi connectivity index (χ1v) is 24.1. The first-order valence-electron chi connectivity index (χ1n) is 19.6. The molecule has 22 heteroatoms. The summed E-state index contributed by atoms with van der Waals surface area (Å²) in [4.78, 5) is 42.3. The number of carbonyl (C=O) groups excluding carboxylic acids is 3. The molecule has 0 bridgehead atoms. The van der Waals surface area contributed by atoms with Gasteiger partial charge in [-0.05, 0) is 87.6 Å². The van der Waals surface area contributed by atoms with Crippen LogP contribution in [0.3, 0.4) is 0 Å². The highest BCUT2D eigenvalue weighted by Crippen LogP contribution is 2.52. The predicted molar refractivity (Wildman–Crippen MR) is 223 cm³/mol. The number of nitrogens with zero attached hydrogens (tertiary/aromatic N) is 3. The average molecular weight is 927 g/mol. The van der Waals surface area contributed by atoms with Crippen molar-refractivity contribution >= 4 is 65.2 Å². The minimum Gasteiger partial charge on any atom is -0.385 e. The Morgan fingerprint density at radius 3 is 2.03 bits per heavy atom. The molecule has 0 aliphatic carbocycles. The van der Waals surface area contributed by atoms with E-state index in [4.69, 9.17) is 19.0 Å². The number of methoxy groups -OCH3 is 2. The Balaban J connectivity index is 1.59. The van der Waals surface area contributed by atoms with Crippen molar-refractivity contribution in [2.75, 3.05) is 64.4 Å². The second-order valence-electron chi connectivity index (χ2n) is 15.6. The van der Waals surface area contributed by atoms with Crippen molar-refractivity contribution in [1.29, 1.82) is 0 Å². The van der Waals surface area contributed by atoms with Crippen LogP contribution in [0.25, 0.3) is 0 Å². The van der Waals surface area contributed by atoms with Gasteiger partial charge in [0, 0.05) is 74.7 Å². The molecule has 3 N–H and O–H groups in total. The molecule has 3 heterocycles. The van der Waals surface area contributed by atoms with Gasteiger partial charge < -0.3 is 23.9 Å². The van der Waals surface area contributed by atoms with Crippen molar-refractivity contribution in [1.82, 2.24) is 5.06 Å². The maximum absolute atomic E-state index is 12.4. The zero-order valence-electron chi connectivity index (χ0n) is 35.0. The third-order valence-corrected chi connectivity index (χ3v) is 13.8.